The van der Waals surface area contributed by atoms with Crippen LogP contribution in [0.1, 0.15) is 5.56 Å². The third-order valence-electron chi connectivity index (χ3n) is 2.63. The van der Waals surface area contributed by atoms with Crippen molar-refractivity contribution in [1.29, 1.82) is 0 Å². The number of benzene rings is 2. The smallest absolute Gasteiger partial charge is 0.175 e. The van der Waals surface area contributed by atoms with Gasteiger partial charge in [-0.1, -0.05) is 24.3 Å². The molecule has 0 aliphatic heterocycles. The summed E-state index contributed by atoms with van der Waals surface area (Å²) in [5.74, 6) is 0.766. The highest BCUT2D eigenvalue weighted by atomic mass is 32.1. The maximum Gasteiger partial charge on any atom is 0.175 e. The van der Waals surface area contributed by atoms with Crippen LogP contribution < -0.4 is 15.4 Å². The molecule has 0 aromatic heterocycles. The van der Waals surface area contributed by atoms with E-state index in [1.54, 1.807) is 7.11 Å². The maximum absolute atomic E-state index is 5.30. The van der Waals surface area contributed by atoms with Crippen LogP contribution in [-0.4, -0.2) is 12.2 Å². The van der Waals surface area contributed by atoms with E-state index >= 15 is 0 Å². The molecule has 4 heteroatoms. The molecule has 2 aromatic rings. The SMILES string of the molecule is COc1ccc(C)cc1NC(=S)Nc1ccccc1. The van der Waals surface area contributed by atoms with Crippen LogP contribution in [0.3, 0.4) is 0 Å². The van der Waals surface area contributed by atoms with E-state index < -0.39 is 0 Å². The first kappa shape index (κ1) is 13.4. The molecule has 0 saturated heterocycles. The van der Waals surface area contributed by atoms with Crippen molar-refractivity contribution in [2.24, 2.45) is 0 Å². The molecule has 0 bridgehead atoms. The van der Waals surface area contributed by atoms with Gasteiger partial charge in [-0.25, -0.2) is 0 Å². The largest absolute Gasteiger partial charge is 0.495 e. The molecule has 0 saturated carbocycles. The molecule has 0 aliphatic rings. The lowest BCUT2D eigenvalue weighted by Gasteiger charge is -2.14. The lowest BCUT2D eigenvalue weighted by molar-refractivity contribution is 0.417. The van der Waals surface area contributed by atoms with Crippen molar-refractivity contribution >= 4 is 28.7 Å². The lowest BCUT2D eigenvalue weighted by atomic mass is 10.2. The first-order valence-electron chi connectivity index (χ1n) is 5.97. The molecule has 0 atom stereocenters. The summed E-state index contributed by atoms with van der Waals surface area (Å²) in [6.45, 7) is 2.03. The molecule has 0 aliphatic carbocycles. The molecule has 3 nitrogen and oxygen atoms in total. The minimum atomic E-state index is 0.537. The second-order valence-electron chi connectivity index (χ2n) is 4.15. The van der Waals surface area contributed by atoms with E-state index in [9.17, 15) is 0 Å². The monoisotopic (exact) mass is 272 g/mol. The van der Waals surface area contributed by atoms with Gasteiger partial charge < -0.3 is 15.4 Å². The first-order valence-corrected chi connectivity index (χ1v) is 6.37. The van der Waals surface area contributed by atoms with E-state index in [1.165, 1.54) is 0 Å². The molecule has 0 spiro atoms. The first-order chi connectivity index (χ1) is 9.19. The summed E-state index contributed by atoms with van der Waals surface area (Å²) in [6.07, 6.45) is 0. The van der Waals surface area contributed by atoms with Crippen molar-refractivity contribution in [3.8, 4) is 5.75 Å². The number of rotatable bonds is 3. The Balaban J connectivity index is 2.09. The van der Waals surface area contributed by atoms with Gasteiger partial charge in [0.2, 0.25) is 0 Å². The number of aryl methyl sites for hydroxylation is 1. The van der Waals surface area contributed by atoms with Crippen LogP contribution in [0.25, 0.3) is 0 Å². The van der Waals surface area contributed by atoms with E-state index in [4.69, 9.17) is 17.0 Å². The van der Waals surface area contributed by atoms with Crippen LogP contribution in [0, 0.1) is 6.92 Å². The summed E-state index contributed by atoms with van der Waals surface area (Å²) >= 11 is 5.29. The highest BCUT2D eigenvalue weighted by Gasteiger charge is 2.05. The summed E-state index contributed by atoms with van der Waals surface area (Å²) in [6, 6.07) is 15.7. The molecule has 0 fully saturated rings. The number of methoxy groups -OCH3 is 1. The third-order valence-corrected chi connectivity index (χ3v) is 2.84. The molecule has 19 heavy (non-hydrogen) atoms. The number of hydrogen-bond acceptors (Lipinski definition) is 2. The normalized spacial score (nSPS) is 9.79. The van der Waals surface area contributed by atoms with E-state index in [1.807, 2.05) is 55.5 Å². The van der Waals surface area contributed by atoms with Crippen LogP contribution in [0.4, 0.5) is 11.4 Å². The van der Waals surface area contributed by atoms with Crippen LogP contribution in [0.5, 0.6) is 5.75 Å². The van der Waals surface area contributed by atoms with Gasteiger partial charge in [0.1, 0.15) is 5.75 Å². The van der Waals surface area contributed by atoms with Gasteiger partial charge in [0.15, 0.2) is 5.11 Å². The van der Waals surface area contributed by atoms with Crippen molar-refractivity contribution in [2.45, 2.75) is 6.92 Å². The zero-order chi connectivity index (χ0) is 13.7. The fourth-order valence-electron chi connectivity index (χ4n) is 1.73. The summed E-state index contributed by atoms with van der Waals surface area (Å²) in [5.41, 5.74) is 2.95. The summed E-state index contributed by atoms with van der Waals surface area (Å²) in [4.78, 5) is 0. The van der Waals surface area contributed by atoms with Gasteiger partial charge in [-0.15, -0.1) is 0 Å². The van der Waals surface area contributed by atoms with E-state index in [0.29, 0.717) is 5.11 Å². The molecule has 98 valence electrons. The standard InChI is InChI=1S/C15H16N2OS/c1-11-8-9-14(18-2)13(10-11)17-15(19)16-12-6-4-3-5-7-12/h3-10H,1-2H3,(H2,16,17,19). The average molecular weight is 272 g/mol. The summed E-state index contributed by atoms with van der Waals surface area (Å²) in [5, 5.41) is 6.81. The van der Waals surface area contributed by atoms with Crippen molar-refractivity contribution in [3.05, 3.63) is 54.1 Å². The van der Waals surface area contributed by atoms with Gasteiger partial charge in [0.25, 0.3) is 0 Å². The Morgan fingerprint density at radius 2 is 1.79 bits per heavy atom. The fourth-order valence-corrected chi connectivity index (χ4v) is 1.95. The molecule has 2 rings (SSSR count). The second kappa shape index (κ2) is 6.20. The Kier molecular flexibility index (Phi) is 4.36. The Labute approximate surface area is 118 Å². The van der Waals surface area contributed by atoms with E-state index in [2.05, 4.69) is 10.6 Å². The third kappa shape index (κ3) is 3.69. The van der Waals surface area contributed by atoms with Gasteiger partial charge in [-0.3, -0.25) is 0 Å². The minimum absolute atomic E-state index is 0.537. The topological polar surface area (TPSA) is 33.3 Å². The number of para-hydroxylation sites is 1. The fraction of sp³-hybridized carbons (Fsp3) is 0.133. The molecule has 0 radical (unpaired) electrons. The lowest BCUT2D eigenvalue weighted by Crippen LogP contribution is -2.19. The Bertz CT molecular complexity index is 570. The highest BCUT2D eigenvalue weighted by molar-refractivity contribution is 7.80. The number of thiocarbonyl (C=S) groups is 1. The Morgan fingerprint density at radius 3 is 2.47 bits per heavy atom. The summed E-state index contributed by atoms with van der Waals surface area (Å²) in [7, 11) is 1.64. The van der Waals surface area contributed by atoms with Crippen molar-refractivity contribution < 1.29 is 4.74 Å². The highest BCUT2D eigenvalue weighted by Crippen LogP contribution is 2.25. The van der Waals surface area contributed by atoms with Crippen molar-refractivity contribution in [3.63, 3.8) is 0 Å². The minimum Gasteiger partial charge on any atom is -0.495 e. The van der Waals surface area contributed by atoms with Crippen LogP contribution in [0.2, 0.25) is 0 Å². The van der Waals surface area contributed by atoms with E-state index in [-0.39, 0.29) is 0 Å². The molecule has 0 amide bonds. The van der Waals surface area contributed by atoms with Crippen LogP contribution >= 0.6 is 12.2 Å². The Hall–Kier alpha value is -2.07. The second-order valence-corrected chi connectivity index (χ2v) is 4.56. The maximum atomic E-state index is 5.30. The predicted molar refractivity (Wildman–Crippen MR) is 84.0 cm³/mol. The zero-order valence-corrected chi connectivity index (χ0v) is 11.8. The quantitative estimate of drug-likeness (QED) is 0.832. The molecular formula is C15H16N2OS. The van der Waals surface area contributed by atoms with Gasteiger partial charge in [0, 0.05) is 5.69 Å². The number of hydrogen-bond donors (Lipinski definition) is 2. The van der Waals surface area contributed by atoms with Gasteiger partial charge in [-0.2, -0.15) is 0 Å². The number of nitrogens with one attached hydrogen (secondary N) is 2. The molecule has 2 N–H and O–H groups in total. The Morgan fingerprint density at radius 1 is 1.05 bits per heavy atom. The number of anilines is 2. The summed E-state index contributed by atoms with van der Waals surface area (Å²) < 4.78 is 5.30. The van der Waals surface area contributed by atoms with Crippen molar-refractivity contribution in [2.75, 3.05) is 17.7 Å². The van der Waals surface area contributed by atoms with Gasteiger partial charge >= 0.3 is 0 Å². The van der Waals surface area contributed by atoms with Gasteiger partial charge in [-0.05, 0) is 49.0 Å². The zero-order valence-electron chi connectivity index (χ0n) is 10.9. The molecular weight excluding hydrogens is 256 g/mol. The average Bonchev–Trinajstić information content (AvgIpc) is 2.40. The molecule has 0 unspecified atom stereocenters. The number of ether oxygens (including phenoxy) is 1. The predicted octanol–water partition coefficient (Wildman–Crippen LogP) is 3.81. The van der Waals surface area contributed by atoms with Gasteiger partial charge in [0.05, 0.1) is 12.8 Å². The van der Waals surface area contributed by atoms with E-state index in [0.717, 1.165) is 22.7 Å². The van der Waals surface area contributed by atoms with Crippen LogP contribution in [-0.2, 0) is 0 Å². The molecule has 2 aromatic carbocycles. The van der Waals surface area contributed by atoms with Crippen LogP contribution in [0.15, 0.2) is 48.5 Å². The van der Waals surface area contributed by atoms with Crippen molar-refractivity contribution in [1.82, 2.24) is 0 Å². The molecule has 0 heterocycles.